The first-order chi connectivity index (χ1) is 9.43. The van der Waals surface area contributed by atoms with Crippen molar-refractivity contribution in [3.05, 3.63) is 0 Å². The number of rotatable bonds is 2. The molecule has 1 saturated carbocycles. The number of carbonyl (C=O) groups excluding carboxylic acids is 1. The van der Waals surface area contributed by atoms with E-state index < -0.39 is 11.8 Å². The molecule has 1 aliphatic carbocycles. The number of methoxy groups -OCH3 is 1. The highest BCUT2D eigenvalue weighted by molar-refractivity contribution is 5.80. The number of piperidine rings is 1. The largest absolute Gasteiger partial charge is 0.379 e. The minimum atomic E-state index is -2.64. The third-order valence-corrected chi connectivity index (χ3v) is 4.80. The van der Waals surface area contributed by atoms with E-state index in [1.807, 2.05) is 0 Å². The molecule has 20 heavy (non-hydrogen) atoms. The van der Waals surface area contributed by atoms with Gasteiger partial charge in [0.15, 0.2) is 0 Å². The molecule has 2 aliphatic heterocycles. The second kappa shape index (κ2) is 4.91. The number of amides is 1. The van der Waals surface area contributed by atoms with Crippen LogP contribution in [0.15, 0.2) is 0 Å². The molecule has 0 unspecified atom stereocenters. The summed E-state index contributed by atoms with van der Waals surface area (Å²) in [6.45, 7) is 1.73. The minimum Gasteiger partial charge on any atom is -0.379 e. The number of halogens is 2. The van der Waals surface area contributed by atoms with Crippen LogP contribution in [-0.4, -0.2) is 55.2 Å². The molecule has 1 amide bonds. The summed E-state index contributed by atoms with van der Waals surface area (Å²) >= 11 is 0. The average Bonchev–Trinajstić information content (AvgIpc) is 2.78. The van der Waals surface area contributed by atoms with Gasteiger partial charge in [0, 0.05) is 45.4 Å². The van der Waals surface area contributed by atoms with Crippen molar-refractivity contribution in [2.75, 3.05) is 26.8 Å². The van der Waals surface area contributed by atoms with Crippen molar-refractivity contribution in [1.82, 2.24) is 4.90 Å². The van der Waals surface area contributed by atoms with E-state index in [0.29, 0.717) is 19.7 Å². The minimum absolute atomic E-state index is 0.0816. The van der Waals surface area contributed by atoms with Crippen molar-refractivity contribution in [2.24, 2.45) is 5.92 Å². The smallest absolute Gasteiger partial charge is 0.249 e. The second-order valence-corrected chi connectivity index (χ2v) is 6.38. The Labute approximate surface area is 117 Å². The molecular weight excluding hydrogens is 268 g/mol. The van der Waals surface area contributed by atoms with Gasteiger partial charge < -0.3 is 14.4 Å². The van der Waals surface area contributed by atoms with Crippen molar-refractivity contribution < 1.29 is 23.0 Å². The summed E-state index contributed by atoms with van der Waals surface area (Å²) in [6, 6.07) is 0. The van der Waals surface area contributed by atoms with Crippen molar-refractivity contribution in [2.45, 2.75) is 49.7 Å². The van der Waals surface area contributed by atoms with Gasteiger partial charge in [-0.3, -0.25) is 4.79 Å². The van der Waals surface area contributed by atoms with Gasteiger partial charge >= 0.3 is 0 Å². The summed E-state index contributed by atoms with van der Waals surface area (Å²) in [5, 5.41) is 0. The molecule has 114 valence electrons. The van der Waals surface area contributed by atoms with Gasteiger partial charge in [0.2, 0.25) is 11.8 Å². The maximum absolute atomic E-state index is 12.9. The van der Waals surface area contributed by atoms with Crippen molar-refractivity contribution in [3.8, 4) is 0 Å². The third kappa shape index (κ3) is 2.55. The number of nitrogens with zero attached hydrogens (tertiary/aromatic N) is 1. The van der Waals surface area contributed by atoms with E-state index in [0.717, 1.165) is 19.3 Å². The molecule has 0 aromatic heterocycles. The van der Waals surface area contributed by atoms with E-state index >= 15 is 0 Å². The van der Waals surface area contributed by atoms with E-state index in [4.69, 9.17) is 9.47 Å². The Balaban J connectivity index is 1.60. The van der Waals surface area contributed by atoms with Gasteiger partial charge in [-0.2, -0.15) is 0 Å². The van der Waals surface area contributed by atoms with Crippen LogP contribution in [0.2, 0.25) is 0 Å². The van der Waals surface area contributed by atoms with Crippen LogP contribution in [0, 0.1) is 5.92 Å². The van der Waals surface area contributed by atoms with Gasteiger partial charge in [-0.1, -0.05) is 0 Å². The molecule has 2 atom stereocenters. The zero-order chi connectivity index (χ0) is 14.4. The van der Waals surface area contributed by atoms with Crippen LogP contribution < -0.4 is 0 Å². The Morgan fingerprint density at radius 1 is 1.35 bits per heavy atom. The zero-order valence-electron chi connectivity index (χ0n) is 11.7. The normalized spacial score (nSPS) is 37.1. The molecule has 0 radical (unpaired) electrons. The topological polar surface area (TPSA) is 38.8 Å². The first-order valence-corrected chi connectivity index (χ1v) is 7.26. The summed E-state index contributed by atoms with van der Waals surface area (Å²) < 4.78 is 37.0. The molecule has 6 heteroatoms. The molecule has 2 heterocycles. The molecule has 0 aromatic carbocycles. The highest BCUT2D eigenvalue weighted by Crippen LogP contribution is 2.44. The molecule has 4 nitrogen and oxygen atoms in total. The zero-order valence-corrected chi connectivity index (χ0v) is 11.7. The van der Waals surface area contributed by atoms with Gasteiger partial charge in [-0.15, -0.1) is 0 Å². The van der Waals surface area contributed by atoms with Crippen LogP contribution in [0.25, 0.3) is 0 Å². The van der Waals surface area contributed by atoms with E-state index in [1.54, 1.807) is 12.0 Å². The number of carbonyl (C=O) groups is 1. The first kappa shape index (κ1) is 14.2. The van der Waals surface area contributed by atoms with E-state index in [2.05, 4.69) is 0 Å². The van der Waals surface area contributed by atoms with Gasteiger partial charge in [-0.25, -0.2) is 8.78 Å². The predicted octanol–water partition coefficient (Wildman–Crippen LogP) is 1.83. The summed E-state index contributed by atoms with van der Waals surface area (Å²) in [4.78, 5) is 14.0. The Bertz CT molecular complexity index is 396. The quantitative estimate of drug-likeness (QED) is 0.778. The maximum atomic E-state index is 12.9. The van der Waals surface area contributed by atoms with Crippen LogP contribution in [0.4, 0.5) is 8.78 Å². The Morgan fingerprint density at radius 2 is 2.10 bits per heavy atom. The van der Waals surface area contributed by atoms with E-state index in [9.17, 15) is 13.6 Å². The number of hydrogen-bond acceptors (Lipinski definition) is 3. The summed E-state index contributed by atoms with van der Waals surface area (Å²) in [5.41, 5.74) is -0.319. The third-order valence-electron chi connectivity index (χ3n) is 4.80. The van der Waals surface area contributed by atoms with Crippen LogP contribution in [0.5, 0.6) is 0 Å². The van der Waals surface area contributed by atoms with Crippen LogP contribution >= 0.6 is 0 Å². The first-order valence-electron chi connectivity index (χ1n) is 7.26. The lowest BCUT2D eigenvalue weighted by molar-refractivity contribution is -0.165. The molecule has 3 rings (SSSR count). The Kier molecular flexibility index (Phi) is 3.49. The number of ether oxygens (including phenoxy) is 2. The van der Waals surface area contributed by atoms with Gasteiger partial charge in [0.05, 0.1) is 18.3 Å². The van der Waals surface area contributed by atoms with Crippen molar-refractivity contribution in [3.63, 3.8) is 0 Å². The van der Waals surface area contributed by atoms with Crippen LogP contribution in [0.3, 0.4) is 0 Å². The fraction of sp³-hybridized carbons (Fsp3) is 0.929. The Hall–Kier alpha value is -0.750. The van der Waals surface area contributed by atoms with Crippen molar-refractivity contribution >= 4 is 5.91 Å². The molecule has 0 aromatic rings. The summed E-state index contributed by atoms with van der Waals surface area (Å²) in [6.07, 6.45) is 2.06. The molecule has 2 saturated heterocycles. The number of hydrogen-bond donors (Lipinski definition) is 0. The predicted molar refractivity (Wildman–Crippen MR) is 67.6 cm³/mol. The van der Waals surface area contributed by atoms with Crippen LogP contribution in [0.1, 0.15) is 32.1 Å². The molecular formula is C14H21F2NO3. The molecule has 3 aliphatic rings. The second-order valence-electron chi connectivity index (χ2n) is 6.38. The fourth-order valence-corrected chi connectivity index (χ4v) is 3.62. The van der Waals surface area contributed by atoms with E-state index in [-0.39, 0.29) is 30.5 Å². The molecule has 3 fully saturated rings. The number of likely N-dealkylation sites (tertiary alicyclic amines) is 1. The van der Waals surface area contributed by atoms with E-state index in [1.165, 1.54) is 0 Å². The van der Waals surface area contributed by atoms with Crippen LogP contribution in [-0.2, 0) is 14.3 Å². The number of alkyl halides is 2. The lowest BCUT2D eigenvalue weighted by Crippen LogP contribution is -2.54. The average molecular weight is 289 g/mol. The van der Waals surface area contributed by atoms with Gasteiger partial charge in [0.1, 0.15) is 0 Å². The van der Waals surface area contributed by atoms with Gasteiger partial charge in [0.25, 0.3) is 0 Å². The molecule has 1 spiro atoms. The fourth-order valence-electron chi connectivity index (χ4n) is 3.62. The highest BCUT2D eigenvalue weighted by Gasteiger charge is 2.52. The molecule has 0 N–H and O–H groups in total. The highest BCUT2D eigenvalue weighted by atomic mass is 19.3. The van der Waals surface area contributed by atoms with Gasteiger partial charge in [-0.05, 0) is 12.8 Å². The monoisotopic (exact) mass is 289 g/mol. The summed E-state index contributed by atoms with van der Waals surface area (Å²) in [5.74, 6) is -3.27. The lowest BCUT2D eigenvalue weighted by Gasteiger charge is -2.43. The maximum Gasteiger partial charge on any atom is 0.249 e. The molecule has 0 bridgehead atoms. The lowest BCUT2D eigenvalue weighted by atomic mass is 9.79. The summed E-state index contributed by atoms with van der Waals surface area (Å²) in [7, 11) is 1.66. The Morgan fingerprint density at radius 3 is 2.70 bits per heavy atom. The van der Waals surface area contributed by atoms with Crippen molar-refractivity contribution in [1.29, 1.82) is 0 Å². The standard InChI is InChI=1S/C14H21F2NO3/c1-19-11-7-13(20-8-11)3-2-4-17(9-13)12(18)10-5-14(15,16)6-10/h10-11H,2-9H2,1H3/t11-,13+/m0/s1. The SMILES string of the molecule is CO[C@@H]1CO[C@]2(CCCN(C(=O)C3CC(F)(F)C3)C2)C1.